The van der Waals surface area contributed by atoms with Gasteiger partial charge in [0.1, 0.15) is 0 Å². The minimum Gasteiger partial charge on any atom is -0.565 e. The summed E-state index contributed by atoms with van der Waals surface area (Å²) in [5.41, 5.74) is 0. The van der Waals surface area contributed by atoms with Gasteiger partial charge in [0, 0.05) is 0 Å². The maximum Gasteiger partial charge on any atom is 1.00 e. The Morgan fingerprint density at radius 1 is 1.00 bits per heavy atom. The first-order chi connectivity index (χ1) is 3.46. The van der Waals surface area contributed by atoms with Crippen molar-refractivity contribution in [3.63, 3.8) is 0 Å². The van der Waals surface area contributed by atoms with Gasteiger partial charge in [0.15, 0.2) is 0 Å². The van der Waals surface area contributed by atoms with Gasteiger partial charge >= 0.3 is 120 Å². The summed E-state index contributed by atoms with van der Waals surface area (Å²) in [6.07, 6.45) is -4.17. The smallest absolute Gasteiger partial charge is 0.565 e. The SMILES string of the molecule is O=C([O-])O.O=C([O-])O.[Cs+].[K+]. The molecule has 0 spiro atoms. The second kappa shape index (κ2) is 17.4. The van der Waals surface area contributed by atoms with Crippen molar-refractivity contribution in [1.29, 1.82) is 0 Å². The van der Waals surface area contributed by atoms with E-state index in [-0.39, 0.29) is 120 Å². The maximum atomic E-state index is 8.44. The van der Waals surface area contributed by atoms with Crippen LogP contribution in [0, 0.1) is 0 Å². The van der Waals surface area contributed by atoms with Crippen LogP contribution in [0.15, 0.2) is 0 Å². The summed E-state index contributed by atoms with van der Waals surface area (Å²) < 4.78 is 0. The average Bonchev–Trinajstić information content (AvgIpc) is 1.25. The summed E-state index contributed by atoms with van der Waals surface area (Å²) >= 11 is 0. The largest absolute Gasteiger partial charge is 1.00 e. The molecular weight excluding hydrogens is 292 g/mol. The van der Waals surface area contributed by atoms with Gasteiger partial charge in [-0.15, -0.1) is 0 Å². The molecule has 0 aromatic carbocycles. The van der Waals surface area contributed by atoms with E-state index in [4.69, 9.17) is 30.0 Å². The minimum atomic E-state index is -2.08. The Labute approximate surface area is 158 Å². The van der Waals surface area contributed by atoms with Crippen LogP contribution in [0.1, 0.15) is 0 Å². The van der Waals surface area contributed by atoms with Gasteiger partial charge in [-0.05, 0) is 0 Å². The van der Waals surface area contributed by atoms with Gasteiger partial charge in [-0.25, -0.2) is 0 Å². The fourth-order valence-electron chi connectivity index (χ4n) is 0. The molecule has 0 radical (unpaired) electrons. The van der Waals surface area contributed by atoms with Crippen LogP contribution in [-0.4, -0.2) is 22.5 Å². The zero-order valence-corrected chi connectivity index (χ0v) is 14.9. The molecule has 10 heavy (non-hydrogen) atoms. The molecule has 0 saturated carbocycles. The summed E-state index contributed by atoms with van der Waals surface area (Å²) in [5, 5.41) is 30.6. The molecule has 0 fully saturated rings. The van der Waals surface area contributed by atoms with Crippen LogP contribution >= 0.6 is 0 Å². The third-order valence-corrected chi connectivity index (χ3v) is 0. The van der Waals surface area contributed by atoms with E-state index < -0.39 is 12.3 Å². The van der Waals surface area contributed by atoms with E-state index in [9.17, 15) is 0 Å². The normalized spacial score (nSPS) is 4.80. The summed E-state index contributed by atoms with van der Waals surface area (Å²) in [6.45, 7) is 0. The fourth-order valence-corrected chi connectivity index (χ4v) is 0. The van der Waals surface area contributed by atoms with Gasteiger partial charge in [-0.3, -0.25) is 0 Å². The van der Waals surface area contributed by atoms with Crippen molar-refractivity contribution in [1.82, 2.24) is 0 Å². The number of hydrogen-bond donors (Lipinski definition) is 2. The number of carbonyl (C=O) groups is 2. The molecule has 0 amide bonds. The third kappa shape index (κ3) is 175. The van der Waals surface area contributed by atoms with Gasteiger partial charge < -0.3 is 30.0 Å². The predicted octanol–water partition coefficient (Wildman–Crippen LogP) is -8.22. The number of rotatable bonds is 0. The zero-order chi connectivity index (χ0) is 7.15. The second-order valence-electron chi connectivity index (χ2n) is 0.532. The molecular formula is C2H2CsKO6. The standard InChI is InChI=1S/2CH2O3.Cs.K/c2*2-1(3)4;;/h2*(H2,2,3,4);;/q;;2*+1/p-2. The Morgan fingerprint density at radius 2 is 1.00 bits per heavy atom. The topological polar surface area (TPSA) is 121 Å². The molecule has 0 rings (SSSR count). The van der Waals surface area contributed by atoms with Crippen molar-refractivity contribution in [2.75, 3.05) is 0 Å². The zero-order valence-electron chi connectivity index (χ0n) is 5.53. The van der Waals surface area contributed by atoms with Gasteiger partial charge in [0.05, 0.1) is 0 Å². The third-order valence-electron chi connectivity index (χ3n) is 0. The molecule has 6 nitrogen and oxygen atoms in total. The molecule has 0 aliphatic heterocycles. The van der Waals surface area contributed by atoms with Crippen LogP contribution in [0.25, 0.3) is 0 Å². The van der Waals surface area contributed by atoms with E-state index in [1.165, 1.54) is 0 Å². The van der Waals surface area contributed by atoms with E-state index in [1.807, 2.05) is 0 Å². The van der Waals surface area contributed by atoms with Gasteiger partial charge in [0.2, 0.25) is 12.3 Å². The van der Waals surface area contributed by atoms with Gasteiger partial charge in [0.25, 0.3) is 0 Å². The van der Waals surface area contributed by atoms with E-state index in [0.29, 0.717) is 0 Å². The molecule has 0 atom stereocenters. The first kappa shape index (κ1) is 22.8. The molecule has 0 aliphatic rings. The van der Waals surface area contributed by atoms with E-state index in [1.54, 1.807) is 0 Å². The van der Waals surface area contributed by atoms with Crippen molar-refractivity contribution >= 4 is 12.3 Å². The Balaban J connectivity index is -0.0000000300. The van der Waals surface area contributed by atoms with Gasteiger partial charge in [-0.1, -0.05) is 0 Å². The van der Waals surface area contributed by atoms with Crippen LogP contribution in [0.4, 0.5) is 9.59 Å². The van der Waals surface area contributed by atoms with Crippen molar-refractivity contribution in [3.8, 4) is 0 Å². The Hall–Kier alpha value is 2.23. The minimum absolute atomic E-state index is 0. The molecule has 0 aromatic heterocycles. The summed E-state index contributed by atoms with van der Waals surface area (Å²) in [6, 6.07) is 0. The van der Waals surface area contributed by atoms with Crippen LogP contribution in [0.3, 0.4) is 0 Å². The molecule has 8 heteroatoms. The summed E-state index contributed by atoms with van der Waals surface area (Å²) in [5.74, 6) is 0. The van der Waals surface area contributed by atoms with Crippen molar-refractivity contribution in [3.05, 3.63) is 0 Å². The van der Waals surface area contributed by atoms with E-state index in [2.05, 4.69) is 0 Å². The van der Waals surface area contributed by atoms with E-state index >= 15 is 0 Å². The molecule has 0 heterocycles. The Bertz CT molecular complexity index is 73.7. The van der Waals surface area contributed by atoms with Crippen LogP contribution < -0.4 is 130 Å². The second-order valence-corrected chi connectivity index (χ2v) is 0.532. The Kier molecular flexibility index (Phi) is 39.5. The monoisotopic (exact) mass is 294 g/mol. The molecule has 0 unspecified atom stereocenters. The van der Waals surface area contributed by atoms with Crippen LogP contribution in [0.5, 0.6) is 0 Å². The first-order valence-corrected chi connectivity index (χ1v) is 1.26. The average molecular weight is 294 g/mol. The molecule has 0 bridgehead atoms. The summed E-state index contributed by atoms with van der Waals surface area (Å²) in [4.78, 5) is 16.9. The van der Waals surface area contributed by atoms with Crippen molar-refractivity contribution < 1.29 is 150 Å². The van der Waals surface area contributed by atoms with Crippen molar-refractivity contribution in [2.45, 2.75) is 0 Å². The van der Waals surface area contributed by atoms with Crippen molar-refractivity contribution in [2.24, 2.45) is 0 Å². The van der Waals surface area contributed by atoms with Crippen LogP contribution in [0.2, 0.25) is 0 Å². The molecule has 2 N–H and O–H groups in total. The number of carboxylic acid groups (broad SMARTS) is 4. The molecule has 0 aliphatic carbocycles. The van der Waals surface area contributed by atoms with Gasteiger partial charge in [-0.2, -0.15) is 0 Å². The quantitative estimate of drug-likeness (QED) is 0.428. The first-order valence-electron chi connectivity index (χ1n) is 1.26. The predicted molar refractivity (Wildman–Crippen MR) is 16.0 cm³/mol. The van der Waals surface area contributed by atoms with Crippen LogP contribution in [-0.2, 0) is 0 Å². The summed E-state index contributed by atoms with van der Waals surface area (Å²) in [7, 11) is 0. The molecule has 48 valence electrons. The fraction of sp³-hybridized carbons (Fsp3) is 0. The number of hydrogen-bond acceptors (Lipinski definition) is 4. The molecule has 0 saturated heterocycles. The molecule has 0 aromatic rings. The Morgan fingerprint density at radius 3 is 1.00 bits per heavy atom. The van der Waals surface area contributed by atoms with E-state index in [0.717, 1.165) is 0 Å². The maximum absolute atomic E-state index is 8.44.